The summed E-state index contributed by atoms with van der Waals surface area (Å²) in [5.41, 5.74) is 3.05. The Kier molecular flexibility index (Phi) is 2.85. The number of nitrogens with zero attached hydrogens (tertiary/aromatic N) is 1. The first-order chi connectivity index (χ1) is 11.2. The first-order valence-electron chi connectivity index (χ1n) is 8.80. The molecule has 1 saturated heterocycles. The van der Waals surface area contributed by atoms with Crippen LogP contribution in [-0.4, -0.2) is 51.0 Å². The van der Waals surface area contributed by atoms with Crippen LogP contribution in [-0.2, 0) is 16.6 Å². The van der Waals surface area contributed by atoms with E-state index in [9.17, 15) is 0 Å². The first-order valence-corrected chi connectivity index (χ1v) is 8.80. The summed E-state index contributed by atoms with van der Waals surface area (Å²) in [6.07, 6.45) is 4.99. The Balaban J connectivity index is 1.77. The van der Waals surface area contributed by atoms with E-state index in [1.165, 1.54) is 24.0 Å². The van der Waals surface area contributed by atoms with Crippen molar-refractivity contribution in [2.75, 3.05) is 27.8 Å². The third-order valence-corrected chi connectivity index (χ3v) is 7.05. The van der Waals surface area contributed by atoms with Crippen molar-refractivity contribution in [3.8, 4) is 11.5 Å². The summed E-state index contributed by atoms with van der Waals surface area (Å²) in [4.78, 5) is 2.57. The molecule has 2 unspecified atom stereocenters. The molecular formula is C19H25NO3. The van der Waals surface area contributed by atoms with E-state index in [2.05, 4.69) is 24.1 Å². The molecule has 1 spiro atoms. The fourth-order valence-corrected chi connectivity index (χ4v) is 6.08. The fourth-order valence-electron chi connectivity index (χ4n) is 6.08. The van der Waals surface area contributed by atoms with Gasteiger partial charge in [0.1, 0.15) is 6.10 Å². The Labute approximate surface area is 137 Å². The van der Waals surface area contributed by atoms with Gasteiger partial charge in [-0.1, -0.05) is 6.07 Å². The zero-order valence-electron chi connectivity index (χ0n) is 14.2. The van der Waals surface area contributed by atoms with Gasteiger partial charge in [0.05, 0.1) is 13.2 Å². The summed E-state index contributed by atoms with van der Waals surface area (Å²) in [5, 5.41) is 0. The Morgan fingerprint density at radius 1 is 1.26 bits per heavy atom. The number of benzene rings is 1. The van der Waals surface area contributed by atoms with Gasteiger partial charge in [-0.15, -0.1) is 0 Å². The number of hydrogen-bond acceptors (Lipinski definition) is 4. The minimum absolute atomic E-state index is 0.132. The molecule has 1 aromatic carbocycles. The molecule has 0 amide bonds. The Hall–Kier alpha value is -1.26. The predicted molar refractivity (Wildman–Crippen MR) is 87.3 cm³/mol. The molecule has 124 valence electrons. The summed E-state index contributed by atoms with van der Waals surface area (Å²) in [6.45, 7) is 1.15. The molecule has 4 aliphatic rings. The van der Waals surface area contributed by atoms with E-state index in [1.54, 1.807) is 7.11 Å². The Morgan fingerprint density at radius 3 is 2.91 bits per heavy atom. The van der Waals surface area contributed by atoms with Crippen LogP contribution in [0.5, 0.6) is 11.5 Å². The molecule has 1 aromatic rings. The Bertz CT molecular complexity index is 660. The highest BCUT2D eigenvalue weighted by Crippen LogP contribution is 2.63. The van der Waals surface area contributed by atoms with Gasteiger partial charge in [-0.3, -0.25) is 0 Å². The fraction of sp³-hybridized carbons (Fsp3) is 0.684. The van der Waals surface area contributed by atoms with Crippen LogP contribution in [0, 0.1) is 5.92 Å². The Morgan fingerprint density at radius 2 is 2.13 bits per heavy atom. The van der Waals surface area contributed by atoms with E-state index < -0.39 is 0 Å². The molecule has 2 aliphatic carbocycles. The number of likely N-dealkylation sites (N-methyl/N-ethyl adjacent to an activating group) is 1. The number of ether oxygens (including phenoxy) is 3. The summed E-state index contributed by atoms with van der Waals surface area (Å²) in [6, 6.07) is 4.99. The van der Waals surface area contributed by atoms with Crippen LogP contribution in [0.15, 0.2) is 12.1 Å². The lowest BCUT2D eigenvalue weighted by atomic mass is 9.51. The van der Waals surface area contributed by atoms with Crippen LogP contribution in [0.1, 0.15) is 30.4 Å². The van der Waals surface area contributed by atoms with Crippen LogP contribution in [0.25, 0.3) is 0 Å². The van der Waals surface area contributed by atoms with E-state index in [1.807, 2.05) is 7.11 Å². The van der Waals surface area contributed by atoms with Gasteiger partial charge in [0.2, 0.25) is 0 Å². The normalized spacial score (nSPS) is 40.5. The average molecular weight is 315 g/mol. The maximum absolute atomic E-state index is 6.57. The van der Waals surface area contributed by atoms with Crippen molar-refractivity contribution in [3.63, 3.8) is 0 Å². The van der Waals surface area contributed by atoms with Gasteiger partial charge in [-0.2, -0.15) is 0 Å². The molecule has 2 bridgehead atoms. The van der Waals surface area contributed by atoms with Crippen molar-refractivity contribution in [3.05, 3.63) is 23.3 Å². The van der Waals surface area contributed by atoms with Crippen LogP contribution in [0.2, 0.25) is 0 Å². The third kappa shape index (κ3) is 1.54. The van der Waals surface area contributed by atoms with E-state index >= 15 is 0 Å². The summed E-state index contributed by atoms with van der Waals surface area (Å²) in [5.74, 6) is 2.57. The molecule has 0 radical (unpaired) electrons. The molecule has 4 heteroatoms. The minimum atomic E-state index is 0.132. The highest BCUT2D eigenvalue weighted by atomic mass is 16.6. The van der Waals surface area contributed by atoms with Gasteiger partial charge in [0, 0.05) is 24.1 Å². The number of hydrogen-bond donors (Lipinski definition) is 0. The summed E-state index contributed by atoms with van der Waals surface area (Å²) < 4.78 is 18.1. The maximum Gasteiger partial charge on any atom is 0.165 e. The van der Waals surface area contributed by atoms with Crippen LogP contribution in [0.3, 0.4) is 0 Å². The highest BCUT2D eigenvalue weighted by molar-refractivity contribution is 5.61. The predicted octanol–water partition coefficient (Wildman–Crippen LogP) is 2.38. The monoisotopic (exact) mass is 315 g/mol. The molecule has 5 atom stereocenters. The quantitative estimate of drug-likeness (QED) is 0.838. The second-order valence-electron chi connectivity index (χ2n) is 7.67. The number of methoxy groups -OCH3 is 2. The number of rotatable bonds is 2. The van der Waals surface area contributed by atoms with Crippen molar-refractivity contribution in [1.29, 1.82) is 0 Å². The van der Waals surface area contributed by atoms with Gasteiger partial charge in [-0.05, 0) is 56.8 Å². The lowest BCUT2D eigenvalue weighted by Crippen LogP contribution is -2.66. The smallest absolute Gasteiger partial charge is 0.165 e. The van der Waals surface area contributed by atoms with Gasteiger partial charge in [-0.25, -0.2) is 0 Å². The highest BCUT2D eigenvalue weighted by Gasteiger charge is 2.65. The second kappa shape index (κ2) is 4.64. The molecule has 23 heavy (non-hydrogen) atoms. The van der Waals surface area contributed by atoms with Crippen molar-refractivity contribution in [2.24, 2.45) is 5.92 Å². The molecule has 0 N–H and O–H groups in total. The SMILES string of the molecule is COc1ccc2c3c1OC1C(OC)CC[C@H]4[C@@H](C2)N(C)CC[C@]314. The van der Waals surface area contributed by atoms with Gasteiger partial charge >= 0.3 is 0 Å². The first kappa shape index (κ1) is 14.1. The molecule has 2 aliphatic heterocycles. The average Bonchev–Trinajstić information content (AvgIpc) is 2.92. The zero-order valence-corrected chi connectivity index (χ0v) is 14.2. The molecule has 5 rings (SSSR count). The van der Waals surface area contributed by atoms with E-state index in [-0.39, 0.29) is 17.6 Å². The maximum atomic E-state index is 6.57. The van der Waals surface area contributed by atoms with Gasteiger partial charge < -0.3 is 19.1 Å². The van der Waals surface area contributed by atoms with Crippen molar-refractivity contribution in [2.45, 2.75) is 49.3 Å². The summed E-state index contributed by atoms with van der Waals surface area (Å²) >= 11 is 0. The molecule has 2 heterocycles. The van der Waals surface area contributed by atoms with Crippen molar-refractivity contribution < 1.29 is 14.2 Å². The zero-order chi connectivity index (χ0) is 15.8. The van der Waals surface area contributed by atoms with Gasteiger partial charge in [0.25, 0.3) is 0 Å². The standard InChI is InChI=1S/C19H25NO3/c1-20-9-8-19-12-5-7-15(22-3)18(19)23-17-14(21-2)6-4-11(16(17)19)10-13(12)20/h4,6,12-13,15,18H,5,7-10H2,1-3H3/t12-,13+,15?,18?,19-/m0/s1. The topological polar surface area (TPSA) is 30.9 Å². The van der Waals surface area contributed by atoms with Gasteiger partial charge in [0.15, 0.2) is 11.5 Å². The summed E-state index contributed by atoms with van der Waals surface area (Å²) in [7, 11) is 5.87. The molecule has 0 aromatic heterocycles. The van der Waals surface area contributed by atoms with Crippen LogP contribution < -0.4 is 9.47 Å². The molecule has 2 fully saturated rings. The lowest BCUT2D eigenvalue weighted by molar-refractivity contribution is -0.111. The van der Waals surface area contributed by atoms with Crippen molar-refractivity contribution >= 4 is 0 Å². The van der Waals surface area contributed by atoms with E-state index in [4.69, 9.17) is 14.2 Å². The van der Waals surface area contributed by atoms with Crippen molar-refractivity contribution in [1.82, 2.24) is 4.90 Å². The lowest BCUT2D eigenvalue weighted by Gasteiger charge is -2.58. The molecular weight excluding hydrogens is 290 g/mol. The molecule has 4 nitrogen and oxygen atoms in total. The minimum Gasteiger partial charge on any atom is -0.493 e. The van der Waals surface area contributed by atoms with Crippen LogP contribution in [0.4, 0.5) is 0 Å². The molecule has 1 saturated carbocycles. The van der Waals surface area contributed by atoms with Crippen LogP contribution >= 0.6 is 0 Å². The largest absolute Gasteiger partial charge is 0.493 e. The number of piperidine rings is 1. The van der Waals surface area contributed by atoms with E-state index in [0.29, 0.717) is 12.0 Å². The second-order valence-corrected chi connectivity index (χ2v) is 7.67. The number of likely N-dealkylation sites (tertiary alicyclic amines) is 1. The third-order valence-electron chi connectivity index (χ3n) is 7.05. The van der Waals surface area contributed by atoms with E-state index in [0.717, 1.165) is 30.9 Å².